The first-order valence-electron chi connectivity index (χ1n) is 11.2. The second-order valence-corrected chi connectivity index (χ2v) is 9.03. The summed E-state index contributed by atoms with van der Waals surface area (Å²) in [6.07, 6.45) is 2.63. The normalized spacial score (nSPS) is 17.8. The number of hydrogen-bond acceptors (Lipinski definition) is 6. The van der Waals surface area contributed by atoms with Gasteiger partial charge in [-0.05, 0) is 49.1 Å². The van der Waals surface area contributed by atoms with Crippen molar-refractivity contribution in [1.29, 1.82) is 5.41 Å². The van der Waals surface area contributed by atoms with Crippen molar-refractivity contribution in [3.8, 4) is 11.5 Å². The lowest BCUT2D eigenvalue weighted by Gasteiger charge is -2.34. The fraction of sp³-hybridized carbons (Fsp3) is 0.440. The summed E-state index contributed by atoms with van der Waals surface area (Å²) < 4.78 is 15.1. The maximum atomic E-state index is 15.1. The number of aromatic hydroxyl groups is 2. The number of aldehydes is 1. The van der Waals surface area contributed by atoms with E-state index in [1.807, 2.05) is 13.8 Å². The van der Waals surface area contributed by atoms with Crippen LogP contribution in [0, 0.1) is 5.41 Å². The Morgan fingerprint density at radius 3 is 2.45 bits per heavy atom. The molecule has 33 heavy (non-hydrogen) atoms. The molecule has 0 spiro atoms. The van der Waals surface area contributed by atoms with Crippen LogP contribution >= 0.6 is 0 Å². The van der Waals surface area contributed by atoms with Gasteiger partial charge in [0, 0.05) is 50.1 Å². The van der Waals surface area contributed by atoms with Crippen LogP contribution in [0.5, 0.6) is 11.5 Å². The molecule has 0 saturated carbocycles. The summed E-state index contributed by atoms with van der Waals surface area (Å²) in [7, 11) is 2.08. The molecule has 2 aliphatic rings. The van der Waals surface area contributed by atoms with Crippen LogP contribution in [0.1, 0.15) is 43.7 Å². The van der Waals surface area contributed by atoms with Gasteiger partial charge in [-0.3, -0.25) is 20.0 Å². The minimum Gasteiger partial charge on any atom is -0.508 e. The molecule has 0 amide bonds. The van der Waals surface area contributed by atoms with Gasteiger partial charge in [0.05, 0.1) is 5.70 Å². The lowest BCUT2D eigenvalue weighted by molar-refractivity contribution is -0.103. The van der Waals surface area contributed by atoms with Crippen molar-refractivity contribution in [3.63, 3.8) is 0 Å². The Morgan fingerprint density at radius 2 is 1.88 bits per heavy atom. The van der Waals surface area contributed by atoms with Crippen molar-refractivity contribution in [2.24, 2.45) is 0 Å². The predicted octanol–water partition coefficient (Wildman–Crippen LogP) is 3.82. The Balaban J connectivity index is 1.90. The fourth-order valence-electron chi connectivity index (χ4n) is 4.26. The molecule has 1 saturated heterocycles. The summed E-state index contributed by atoms with van der Waals surface area (Å²) in [6, 6.07) is 2.82. The number of benzene rings is 1. The zero-order valence-corrected chi connectivity index (χ0v) is 19.6. The molecule has 3 N–H and O–H groups in total. The number of carbonyl (C=O) groups excluding carboxylic acids is 1. The van der Waals surface area contributed by atoms with E-state index in [-0.39, 0.29) is 34.5 Å². The molecule has 0 aromatic heterocycles. The third-order valence-corrected chi connectivity index (χ3v) is 6.31. The second-order valence-electron chi connectivity index (χ2n) is 9.03. The van der Waals surface area contributed by atoms with E-state index in [1.165, 1.54) is 17.0 Å². The fourth-order valence-corrected chi connectivity index (χ4v) is 4.26. The summed E-state index contributed by atoms with van der Waals surface area (Å²) in [6.45, 7) is 12.0. The molecule has 1 heterocycles. The summed E-state index contributed by atoms with van der Waals surface area (Å²) in [5, 5.41) is 28.8. The largest absolute Gasteiger partial charge is 0.508 e. The van der Waals surface area contributed by atoms with Gasteiger partial charge in [0.15, 0.2) is 12.1 Å². The summed E-state index contributed by atoms with van der Waals surface area (Å²) >= 11 is 0. The molecule has 1 aliphatic heterocycles. The van der Waals surface area contributed by atoms with E-state index in [0.717, 1.165) is 26.2 Å². The smallest absolute Gasteiger partial charge is 0.185 e. The Morgan fingerprint density at radius 1 is 1.21 bits per heavy atom. The van der Waals surface area contributed by atoms with Gasteiger partial charge in [-0.2, -0.15) is 0 Å². The van der Waals surface area contributed by atoms with E-state index in [1.54, 1.807) is 6.07 Å². The number of carbonyl (C=O) groups is 1. The Kier molecular flexibility index (Phi) is 7.71. The number of halogens is 1. The van der Waals surface area contributed by atoms with Crippen LogP contribution in [0.4, 0.5) is 4.39 Å². The second kappa shape index (κ2) is 10.3. The van der Waals surface area contributed by atoms with E-state index in [9.17, 15) is 15.0 Å². The molecule has 0 atom stereocenters. The average molecular weight is 457 g/mol. The number of amidine groups is 1. The minimum atomic E-state index is -0.403. The lowest BCUT2D eigenvalue weighted by Crippen LogP contribution is -2.45. The first-order chi connectivity index (χ1) is 15.6. The highest BCUT2D eigenvalue weighted by Crippen LogP contribution is 2.39. The van der Waals surface area contributed by atoms with Crippen molar-refractivity contribution in [3.05, 3.63) is 53.0 Å². The molecule has 0 bridgehead atoms. The molecule has 8 heteroatoms. The molecule has 0 unspecified atom stereocenters. The van der Waals surface area contributed by atoms with Crippen LogP contribution in [-0.2, 0) is 4.79 Å². The van der Waals surface area contributed by atoms with Crippen LogP contribution in [-0.4, -0.2) is 76.8 Å². The van der Waals surface area contributed by atoms with Crippen LogP contribution in [0.2, 0.25) is 0 Å². The molecule has 1 fully saturated rings. The van der Waals surface area contributed by atoms with E-state index < -0.39 is 5.84 Å². The lowest BCUT2D eigenvalue weighted by atomic mass is 9.96. The van der Waals surface area contributed by atoms with E-state index >= 15 is 4.39 Å². The van der Waals surface area contributed by atoms with Crippen molar-refractivity contribution >= 4 is 17.8 Å². The third-order valence-electron chi connectivity index (χ3n) is 6.31. The van der Waals surface area contributed by atoms with Crippen molar-refractivity contribution in [1.82, 2.24) is 14.7 Å². The van der Waals surface area contributed by atoms with Gasteiger partial charge in [-0.1, -0.05) is 20.4 Å². The maximum absolute atomic E-state index is 15.1. The van der Waals surface area contributed by atoms with E-state index in [4.69, 9.17) is 5.41 Å². The Hall–Kier alpha value is -2.97. The van der Waals surface area contributed by atoms with Gasteiger partial charge in [-0.15, -0.1) is 0 Å². The number of rotatable bonds is 7. The van der Waals surface area contributed by atoms with Gasteiger partial charge in [-0.25, -0.2) is 4.39 Å². The third kappa shape index (κ3) is 5.51. The van der Waals surface area contributed by atoms with Crippen molar-refractivity contribution < 1.29 is 19.4 Å². The maximum Gasteiger partial charge on any atom is 0.185 e. The highest BCUT2D eigenvalue weighted by Gasteiger charge is 2.27. The Bertz CT molecular complexity index is 1010. The van der Waals surface area contributed by atoms with Crippen molar-refractivity contribution in [2.45, 2.75) is 32.6 Å². The van der Waals surface area contributed by atoms with Crippen LogP contribution in [0.3, 0.4) is 0 Å². The molecule has 1 aromatic rings. The van der Waals surface area contributed by atoms with Crippen LogP contribution in [0.25, 0.3) is 5.70 Å². The number of hydrogen-bond donors (Lipinski definition) is 3. The van der Waals surface area contributed by atoms with Crippen LogP contribution in [0.15, 0.2) is 41.9 Å². The molecular formula is C25H33FN4O3. The predicted molar refractivity (Wildman–Crippen MR) is 128 cm³/mol. The molecular weight excluding hydrogens is 423 g/mol. The number of allylic oxidation sites excluding steroid dienone is 3. The van der Waals surface area contributed by atoms with E-state index in [2.05, 4.69) is 23.4 Å². The number of phenols is 2. The van der Waals surface area contributed by atoms with Gasteiger partial charge >= 0.3 is 0 Å². The standard InChI is InChI=1S/C25H33FN4O3/c1-16(2)20-12-21(24(33)13-23(20)32)17(3)30(25(27)15-31)19-6-5-18(22(26)11-19)14-29-9-7-28(4)8-10-29/h11-13,15-16,27,32-33H,3,5-10,14H2,1-2,4H3. The minimum absolute atomic E-state index is 0.0254. The molecule has 0 radical (unpaired) electrons. The van der Waals surface area contributed by atoms with Gasteiger partial charge in [0.1, 0.15) is 17.3 Å². The average Bonchev–Trinajstić information content (AvgIpc) is 2.76. The number of likely N-dealkylation sites (N-methyl/N-ethyl adjacent to an activating group) is 1. The van der Waals surface area contributed by atoms with E-state index in [0.29, 0.717) is 42.5 Å². The highest BCUT2D eigenvalue weighted by molar-refractivity contribution is 6.27. The molecule has 1 aliphatic carbocycles. The monoisotopic (exact) mass is 456 g/mol. The number of nitrogens with zero attached hydrogens (tertiary/aromatic N) is 3. The first-order valence-corrected chi connectivity index (χ1v) is 11.2. The Labute approximate surface area is 194 Å². The quantitative estimate of drug-likeness (QED) is 0.328. The summed E-state index contributed by atoms with van der Waals surface area (Å²) in [5.74, 6) is -1.06. The molecule has 3 rings (SSSR count). The molecule has 7 nitrogen and oxygen atoms in total. The highest BCUT2D eigenvalue weighted by atomic mass is 19.1. The number of piperazine rings is 1. The van der Waals surface area contributed by atoms with Gasteiger partial charge < -0.3 is 15.1 Å². The molecule has 1 aromatic carbocycles. The number of phenolic OH excluding ortho intramolecular Hbond substituents is 2. The van der Waals surface area contributed by atoms with Gasteiger partial charge in [0.2, 0.25) is 0 Å². The number of nitrogens with one attached hydrogen (secondary N) is 1. The zero-order valence-electron chi connectivity index (χ0n) is 19.6. The SMILES string of the molecule is C=C(c1cc(C(C)C)c(O)cc1O)N(C(=N)C=O)C1=CC(F)=C(CN2CCN(C)CC2)CC1. The summed E-state index contributed by atoms with van der Waals surface area (Å²) in [4.78, 5) is 17.3. The summed E-state index contributed by atoms with van der Waals surface area (Å²) in [5.41, 5.74) is 2.18. The molecule has 178 valence electrons. The zero-order chi connectivity index (χ0) is 24.3. The first kappa shape index (κ1) is 24.7. The van der Waals surface area contributed by atoms with Crippen molar-refractivity contribution in [2.75, 3.05) is 39.8 Å². The topological polar surface area (TPSA) is 91.1 Å². The van der Waals surface area contributed by atoms with Crippen LogP contribution < -0.4 is 0 Å². The van der Waals surface area contributed by atoms with Gasteiger partial charge in [0.25, 0.3) is 0 Å².